The van der Waals surface area contributed by atoms with Gasteiger partial charge in [-0.2, -0.15) is 5.10 Å². The van der Waals surface area contributed by atoms with E-state index in [-0.39, 0.29) is 11.8 Å². The number of hydrogen-bond donors (Lipinski definition) is 1. The van der Waals surface area contributed by atoms with Crippen LogP contribution in [0.1, 0.15) is 37.8 Å². The fourth-order valence-electron chi connectivity index (χ4n) is 3.34. The molecule has 2 aliphatic rings. The molecule has 3 rings (SSSR count). The minimum absolute atomic E-state index is 0.0220. The number of aromatic nitrogens is 2. The lowest BCUT2D eigenvalue weighted by Crippen LogP contribution is -2.34. The Bertz CT molecular complexity index is 565. The van der Waals surface area contributed by atoms with Crippen LogP contribution >= 0.6 is 0 Å². The van der Waals surface area contributed by atoms with Crippen molar-refractivity contribution < 1.29 is 14.4 Å². The maximum Gasteiger partial charge on any atom is 0.333 e. The number of aryl methyl sites for hydroxylation is 2. The summed E-state index contributed by atoms with van der Waals surface area (Å²) in [7, 11) is 1.69. The highest BCUT2D eigenvalue weighted by molar-refractivity contribution is 5.59. The summed E-state index contributed by atoms with van der Waals surface area (Å²) in [6.45, 7) is 2.63. The third-order valence-corrected chi connectivity index (χ3v) is 4.40. The third kappa shape index (κ3) is 2.80. The van der Waals surface area contributed by atoms with Gasteiger partial charge in [-0.15, -0.1) is 0 Å². The summed E-state index contributed by atoms with van der Waals surface area (Å²) in [6, 6.07) is 0. The van der Waals surface area contributed by atoms with Gasteiger partial charge in [-0.05, 0) is 19.8 Å². The normalized spacial score (nSPS) is 23.8. The van der Waals surface area contributed by atoms with Crippen molar-refractivity contribution in [2.45, 2.75) is 50.9 Å². The highest BCUT2D eigenvalue weighted by atomic mass is 16.7. The number of nitro groups is 1. The first-order chi connectivity index (χ1) is 10.5. The summed E-state index contributed by atoms with van der Waals surface area (Å²) in [5.74, 6) is -0.00507. The summed E-state index contributed by atoms with van der Waals surface area (Å²) in [5.41, 5.74) is 0.427. The second-order valence-electron chi connectivity index (χ2n) is 6.07. The largest absolute Gasteiger partial charge is 0.362 e. The van der Waals surface area contributed by atoms with Crippen LogP contribution in [0.5, 0.6) is 0 Å². The van der Waals surface area contributed by atoms with Crippen LogP contribution in [0.25, 0.3) is 0 Å². The Kier molecular flexibility index (Phi) is 4.05. The van der Waals surface area contributed by atoms with E-state index in [9.17, 15) is 10.1 Å². The fourth-order valence-corrected chi connectivity index (χ4v) is 3.34. The van der Waals surface area contributed by atoms with Crippen molar-refractivity contribution in [2.24, 2.45) is 7.05 Å². The van der Waals surface area contributed by atoms with Gasteiger partial charge in [0.05, 0.1) is 11.5 Å². The molecule has 1 aromatic heterocycles. The van der Waals surface area contributed by atoms with Crippen molar-refractivity contribution in [2.75, 3.05) is 18.5 Å². The second kappa shape index (κ2) is 5.85. The first-order valence-electron chi connectivity index (χ1n) is 7.74. The van der Waals surface area contributed by atoms with Crippen molar-refractivity contribution in [3.05, 3.63) is 15.8 Å². The van der Waals surface area contributed by atoms with E-state index >= 15 is 0 Å². The van der Waals surface area contributed by atoms with Crippen LogP contribution in [-0.4, -0.2) is 39.7 Å². The number of rotatable bonds is 4. The molecule has 2 heterocycles. The first-order valence-corrected chi connectivity index (χ1v) is 7.74. The molecule has 1 aliphatic heterocycles. The van der Waals surface area contributed by atoms with Gasteiger partial charge in [0.2, 0.25) is 5.82 Å². The molecule has 2 fully saturated rings. The predicted octanol–water partition coefficient (Wildman–Crippen LogP) is 2.12. The van der Waals surface area contributed by atoms with E-state index in [1.807, 2.05) is 0 Å². The lowest BCUT2D eigenvalue weighted by Gasteiger charge is -2.31. The van der Waals surface area contributed by atoms with Crippen LogP contribution in [-0.2, 0) is 16.5 Å². The predicted molar refractivity (Wildman–Crippen MR) is 79.7 cm³/mol. The number of hydrogen-bond acceptors (Lipinski definition) is 6. The monoisotopic (exact) mass is 310 g/mol. The molecule has 1 aliphatic carbocycles. The van der Waals surface area contributed by atoms with E-state index in [0.29, 0.717) is 24.7 Å². The average Bonchev–Trinajstić information content (AvgIpc) is 2.98. The van der Waals surface area contributed by atoms with Crippen LogP contribution in [0.4, 0.5) is 11.5 Å². The minimum atomic E-state index is -0.418. The summed E-state index contributed by atoms with van der Waals surface area (Å²) in [4.78, 5) is 10.7. The van der Waals surface area contributed by atoms with Gasteiger partial charge in [-0.3, -0.25) is 10.1 Å². The van der Waals surface area contributed by atoms with Gasteiger partial charge in [0.25, 0.3) is 0 Å². The van der Waals surface area contributed by atoms with E-state index in [1.54, 1.807) is 14.0 Å². The number of nitrogens with zero attached hydrogens (tertiary/aromatic N) is 3. The molecular weight excluding hydrogens is 288 g/mol. The van der Waals surface area contributed by atoms with Crippen LogP contribution in [0.2, 0.25) is 0 Å². The Morgan fingerprint density at radius 2 is 2.18 bits per heavy atom. The quantitative estimate of drug-likeness (QED) is 0.676. The van der Waals surface area contributed by atoms with Gasteiger partial charge >= 0.3 is 5.69 Å². The molecular formula is C14H22N4O4. The highest BCUT2D eigenvalue weighted by Crippen LogP contribution is 2.38. The number of nitrogens with one attached hydrogen (secondary N) is 1. The standard InChI is InChI=1S/C14H22N4O4/c1-10-12(18(19)20)13(17(2)16-10)15-8-11-9-21-14(22-11)6-4-3-5-7-14/h11,15H,3-9H2,1-2H3. The lowest BCUT2D eigenvalue weighted by molar-refractivity contribution is -0.384. The minimum Gasteiger partial charge on any atom is -0.362 e. The van der Waals surface area contributed by atoms with Crippen molar-refractivity contribution in [3.8, 4) is 0 Å². The van der Waals surface area contributed by atoms with Gasteiger partial charge in [0, 0.05) is 26.4 Å². The second-order valence-corrected chi connectivity index (χ2v) is 6.07. The summed E-state index contributed by atoms with van der Waals surface area (Å²) in [5, 5.41) is 18.4. The lowest BCUT2D eigenvalue weighted by atomic mass is 9.94. The number of ether oxygens (including phenoxy) is 2. The first kappa shape index (κ1) is 15.2. The molecule has 0 aromatic carbocycles. The molecule has 1 N–H and O–H groups in total. The summed E-state index contributed by atoms with van der Waals surface area (Å²) in [6.07, 6.45) is 5.29. The van der Waals surface area contributed by atoms with E-state index < -0.39 is 10.7 Å². The Balaban J connectivity index is 1.63. The topological polar surface area (TPSA) is 91.5 Å². The van der Waals surface area contributed by atoms with Crippen molar-refractivity contribution >= 4 is 11.5 Å². The molecule has 0 amide bonds. The van der Waals surface area contributed by atoms with Crippen molar-refractivity contribution in [1.29, 1.82) is 0 Å². The molecule has 122 valence electrons. The fraction of sp³-hybridized carbons (Fsp3) is 0.786. The Hall–Kier alpha value is -1.67. The zero-order valence-electron chi connectivity index (χ0n) is 13.0. The smallest absolute Gasteiger partial charge is 0.333 e. The van der Waals surface area contributed by atoms with Crippen LogP contribution in [0.15, 0.2) is 0 Å². The van der Waals surface area contributed by atoms with E-state index in [0.717, 1.165) is 25.7 Å². The highest BCUT2D eigenvalue weighted by Gasteiger charge is 2.42. The molecule has 1 atom stereocenters. The van der Waals surface area contributed by atoms with Gasteiger partial charge in [-0.1, -0.05) is 6.42 Å². The molecule has 0 radical (unpaired) electrons. The SMILES string of the molecule is Cc1nn(C)c(NCC2COC3(CCCCC3)O2)c1[N+](=O)[O-]. The maximum atomic E-state index is 11.2. The molecule has 1 spiro atoms. The van der Waals surface area contributed by atoms with Crippen LogP contribution in [0.3, 0.4) is 0 Å². The Morgan fingerprint density at radius 3 is 2.86 bits per heavy atom. The average molecular weight is 310 g/mol. The zero-order valence-corrected chi connectivity index (χ0v) is 13.0. The molecule has 1 unspecified atom stereocenters. The Labute approximate surface area is 128 Å². The van der Waals surface area contributed by atoms with Crippen molar-refractivity contribution in [3.63, 3.8) is 0 Å². The van der Waals surface area contributed by atoms with Gasteiger partial charge in [0.1, 0.15) is 11.8 Å². The molecule has 1 saturated heterocycles. The molecule has 1 aromatic rings. The molecule has 0 bridgehead atoms. The molecule has 8 nitrogen and oxygen atoms in total. The van der Waals surface area contributed by atoms with E-state index in [4.69, 9.17) is 9.47 Å². The van der Waals surface area contributed by atoms with E-state index in [2.05, 4.69) is 10.4 Å². The molecule has 22 heavy (non-hydrogen) atoms. The third-order valence-electron chi connectivity index (χ3n) is 4.40. The van der Waals surface area contributed by atoms with Gasteiger partial charge < -0.3 is 14.8 Å². The summed E-state index contributed by atoms with van der Waals surface area (Å²) < 4.78 is 13.5. The van der Waals surface area contributed by atoms with Crippen LogP contribution < -0.4 is 5.32 Å². The molecule has 1 saturated carbocycles. The van der Waals surface area contributed by atoms with Gasteiger partial charge in [-0.25, -0.2) is 4.68 Å². The van der Waals surface area contributed by atoms with Crippen LogP contribution in [0, 0.1) is 17.0 Å². The van der Waals surface area contributed by atoms with Crippen molar-refractivity contribution in [1.82, 2.24) is 9.78 Å². The zero-order chi connectivity index (χ0) is 15.7. The molecule has 8 heteroatoms. The number of anilines is 1. The Morgan fingerprint density at radius 1 is 1.45 bits per heavy atom. The maximum absolute atomic E-state index is 11.2. The van der Waals surface area contributed by atoms with E-state index in [1.165, 1.54) is 11.1 Å². The summed E-state index contributed by atoms with van der Waals surface area (Å²) >= 11 is 0. The van der Waals surface area contributed by atoms with Gasteiger partial charge in [0.15, 0.2) is 5.79 Å².